The van der Waals surface area contributed by atoms with Gasteiger partial charge in [0.05, 0.1) is 6.61 Å². The first-order chi connectivity index (χ1) is 10.3. The Bertz CT molecular complexity index is 465. The Hall–Kier alpha value is -1.59. The van der Waals surface area contributed by atoms with Crippen LogP contribution >= 0.6 is 0 Å². The molecule has 2 rings (SSSR count). The van der Waals surface area contributed by atoms with Crippen molar-refractivity contribution < 1.29 is 9.53 Å². The first-order valence-electron chi connectivity index (χ1n) is 7.69. The summed E-state index contributed by atoms with van der Waals surface area (Å²) in [6.07, 6.45) is 0. The zero-order chi connectivity index (χ0) is 15.1. The van der Waals surface area contributed by atoms with Crippen molar-refractivity contribution in [2.75, 3.05) is 32.8 Å². The van der Waals surface area contributed by atoms with Crippen molar-refractivity contribution in [3.8, 4) is 5.75 Å². The lowest BCUT2D eigenvalue weighted by atomic mass is 10.1. The number of likely N-dealkylation sites (N-methyl/N-ethyl adjacent to an activating group) is 1. The highest BCUT2D eigenvalue weighted by Crippen LogP contribution is 2.21. The molecule has 1 aliphatic rings. The van der Waals surface area contributed by atoms with Gasteiger partial charge in [-0.1, -0.05) is 18.2 Å². The van der Waals surface area contributed by atoms with Crippen molar-refractivity contribution in [2.45, 2.75) is 26.4 Å². The lowest BCUT2D eigenvalue weighted by Gasteiger charge is -2.35. The fourth-order valence-corrected chi connectivity index (χ4v) is 2.64. The SMILES string of the molecule is CCNC(=O)C1CNCCN1Cc1ccccc1OCC. The van der Waals surface area contributed by atoms with E-state index in [4.69, 9.17) is 4.74 Å². The van der Waals surface area contributed by atoms with Crippen LogP contribution in [0.5, 0.6) is 5.75 Å². The van der Waals surface area contributed by atoms with Crippen LogP contribution in [0.2, 0.25) is 0 Å². The molecule has 21 heavy (non-hydrogen) atoms. The Labute approximate surface area is 126 Å². The van der Waals surface area contributed by atoms with E-state index in [1.54, 1.807) is 0 Å². The first-order valence-corrected chi connectivity index (χ1v) is 7.69. The topological polar surface area (TPSA) is 53.6 Å². The predicted octanol–water partition coefficient (Wildman–Crippen LogP) is 0.995. The summed E-state index contributed by atoms with van der Waals surface area (Å²) in [4.78, 5) is 14.4. The molecule has 5 heteroatoms. The standard InChI is InChI=1S/C16H25N3O2/c1-3-18-16(20)14-11-17-9-10-19(14)12-13-7-5-6-8-15(13)21-4-2/h5-8,14,17H,3-4,9-12H2,1-2H3,(H,18,20). The van der Waals surface area contributed by atoms with Gasteiger partial charge in [0.15, 0.2) is 0 Å². The van der Waals surface area contributed by atoms with Crippen molar-refractivity contribution in [3.05, 3.63) is 29.8 Å². The molecule has 1 amide bonds. The molecular formula is C16H25N3O2. The van der Waals surface area contributed by atoms with E-state index in [0.717, 1.165) is 30.9 Å². The molecule has 0 radical (unpaired) electrons. The molecule has 0 bridgehead atoms. The van der Waals surface area contributed by atoms with Crippen LogP contribution in [-0.2, 0) is 11.3 Å². The minimum absolute atomic E-state index is 0.0959. The average molecular weight is 291 g/mol. The Morgan fingerprint density at radius 1 is 1.43 bits per heavy atom. The largest absolute Gasteiger partial charge is 0.494 e. The summed E-state index contributed by atoms with van der Waals surface area (Å²) >= 11 is 0. The van der Waals surface area contributed by atoms with Gasteiger partial charge in [0, 0.05) is 38.3 Å². The van der Waals surface area contributed by atoms with Crippen molar-refractivity contribution in [1.82, 2.24) is 15.5 Å². The highest BCUT2D eigenvalue weighted by molar-refractivity contribution is 5.82. The van der Waals surface area contributed by atoms with E-state index in [2.05, 4.69) is 21.6 Å². The third kappa shape index (κ3) is 4.19. The Balaban J connectivity index is 2.10. The number of para-hydroxylation sites is 1. The second-order valence-electron chi connectivity index (χ2n) is 5.13. The number of rotatable bonds is 6. The molecule has 1 aliphatic heterocycles. The Morgan fingerprint density at radius 2 is 2.24 bits per heavy atom. The van der Waals surface area contributed by atoms with Crippen LogP contribution in [0.15, 0.2) is 24.3 Å². The zero-order valence-electron chi connectivity index (χ0n) is 12.9. The van der Waals surface area contributed by atoms with Crippen LogP contribution < -0.4 is 15.4 Å². The van der Waals surface area contributed by atoms with Gasteiger partial charge in [-0.2, -0.15) is 0 Å². The normalized spacial score (nSPS) is 19.2. The number of hydrogen-bond acceptors (Lipinski definition) is 4. The summed E-state index contributed by atoms with van der Waals surface area (Å²) in [5.74, 6) is 1.01. The van der Waals surface area contributed by atoms with E-state index in [-0.39, 0.29) is 11.9 Å². The van der Waals surface area contributed by atoms with E-state index in [9.17, 15) is 4.79 Å². The molecular weight excluding hydrogens is 266 g/mol. The van der Waals surface area contributed by atoms with Gasteiger partial charge in [0.1, 0.15) is 11.8 Å². The number of amides is 1. The van der Waals surface area contributed by atoms with Gasteiger partial charge in [-0.15, -0.1) is 0 Å². The molecule has 1 aromatic rings. The third-order valence-electron chi connectivity index (χ3n) is 3.65. The minimum Gasteiger partial charge on any atom is -0.494 e. The summed E-state index contributed by atoms with van der Waals surface area (Å²) in [5.41, 5.74) is 1.13. The van der Waals surface area contributed by atoms with E-state index in [0.29, 0.717) is 19.7 Å². The van der Waals surface area contributed by atoms with Crippen LogP contribution in [-0.4, -0.2) is 49.6 Å². The van der Waals surface area contributed by atoms with Gasteiger partial charge in [-0.05, 0) is 19.9 Å². The second kappa shape index (κ2) is 8.00. The number of piperazine rings is 1. The molecule has 1 atom stereocenters. The molecule has 1 saturated heterocycles. The molecule has 116 valence electrons. The molecule has 0 saturated carbocycles. The van der Waals surface area contributed by atoms with Crippen molar-refractivity contribution >= 4 is 5.91 Å². The monoisotopic (exact) mass is 291 g/mol. The van der Waals surface area contributed by atoms with Crippen LogP contribution in [0.25, 0.3) is 0 Å². The molecule has 1 unspecified atom stereocenters. The maximum Gasteiger partial charge on any atom is 0.238 e. The quantitative estimate of drug-likeness (QED) is 0.821. The van der Waals surface area contributed by atoms with Crippen molar-refractivity contribution in [3.63, 3.8) is 0 Å². The summed E-state index contributed by atoms with van der Waals surface area (Å²) in [6.45, 7) is 8.45. The molecule has 0 aromatic heterocycles. The van der Waals surface area contributed by atoms with Gasteiger partial charge in [-0.25, -0.2) is 0 Å². The van der Waals surface area contributed by atoms with Crippen LogP contribution in [0.4, 0.5) is 0 Å². The number of hydrogen-bond donors (Lipinski definition) is 2. The maximum absolute atomic E-state index is 12.2. The Kier molecular flexibility index (Phi) is 6.02. The van der Waals surface area contributed by atoms with E-state index in [1.165, 1.54) is 0 Å². The average Bonchev–Trinajstić information content (AvgIpc) is 2.50. The molecule has 1 aromatic carbocycles. The molecule has 5 nitrogen and oxygen atoms in total. The highest BCUT2D eigenvalue weighted by atomic mass is 16.5. The molecule has 0 spiro atoms. The number of nitrogens with zero attached hydrogens (tertiary/aromatic N) is 1. The first kappa shape index (κ1) is 15.8. The summed E-state index contributed by atoms with van der Waals surface area (Å²) in [6, 6.07) is 7.94. The second-order valence-corrected chi connectivity index (χ2v) is 5.13. The van der Waals surface area contributed by atoms with Gasteiger partial charge >= 0.3 is 0 Å². The van der Waals surface area contributed by atoms with Gasteiger partial charge in [0.2, 0.25) is 5.91 Å². The van der Waals surface area contributed by atoms with Gasteiger partial charge < -0.3 is 15.4 Å². The maximum atomic E-state index is 12.2. The predicted molar refractivity (Wildman–Crippen MR) is 83.4 cm³/mol. The van der Waals surface area contributed by atoms with Gasteiger partial charge in [0.25, 0.3) is 0 Å². The Morgan fingerprint density at radius 3 is 3.00 bits per heavy atom. The molecule has 2 N–H and O–H groups in total. The summed E-state index contributed by atoms with van der Waals surface area (Å²) in [7, 11) is 0. The fourth-order valence-electron chi connectivity index (χ4n) is 2.64. The number of carbonyl (C=O) groups is 1. The van der Waals surface area contributed by atoms with E-state index in [1.807, 2.05) is 32.0 Å². The number of carbonyl (C=O) groups excluding carboxylic acids is 1. The fraction of sp³-hybridized carbons (Fsp3) is 0.562. The van der Waals surface area contributed by atoms with Crippen LogP contribution in [0.1, 0.15) is 19.4 Å². The van der Waals surface area contributed by atoms with E-state index >= 15 is 0 Å². The highest BCUT2D eigenvalue weighted by Gasteiger charge is 2.28. The van der Waals surface area contributed by atoms with Crippen LogP contribution in [0, 0.1) is 0 Å². The smallest absolute Gasteiger partial charge is 0.238 e. The molecule has 1 heterocycles. The molecule has 1 fully saturated rings. The van der Waals surface area contributed by atoms with Gasteiger partial charge in [-0.3, -0.25) is 9.69 Å². The lowest BCUT2D eigenvalue weighted by molar-refractivity contribution is -0.127. The number of benzene rings is 1. The number of ether oxygens (including phenoxy) is 1. The van der Waals surface area contributed by atoms with Crippen LogP contribution in [0.3, 0.4) is 0 Å². The molecule has 0 aliphatic carbocycles. The summed E-state index contributed by atoms with van der Waals surface area (Å²) in [5, 5.41) is 6.21. The van der Waals surface area contributed by atoms with Crippen molar-refractivity contribution in [2.24, 2.45) is 0 Å². The number of nitrogens with one attached hydrogen (secondary N) is 2. The summed E-state index contributed by atoms with van der Waals surface area (Å²) < 4.78 is 5.68. The lowest BCUT2D eigenvalue weighted by Crippen LogP contribution is -2.57. The van der Waals surface area contributed by atoms with Crippen molar-refractivity contribution in [1.29, 1.82) is 0 Å². The third-order valence-corrected chi connectivity index (χ3v) is 3.65. The van der Waals surface area contributed by atoms with E-state index < -0.39 is 0 Å². The minimum atomic E-state index is -0.117. The zero-order valence-corrected chi connectivity index (χ0v) is 12.9.